The van der Waals surface area contributed by atoms with Crippen molar-refractivity contribution in [1.29, 1.82) is 0 Å². The molecule has 0 aromatic carbocycles. The topological polar surface area (TPSA) is 96.2 Å². The number of rotatable bonds is 24. The molecule has 0 spiro atoms. The molecule has 0 aromatic heterocycles. The highest BCUT2D eigenvalue weighted by Crippen LogP contribution is 2.10. The monoisotopic (exact) mass is 542 g/mol. The normalized spacial score (nSPS) is 10.8. The van der Waals surface area contributed by atoms with Crippen molar-refractivity contribution < 1.29 is 8.42 Å². The molecule has 0 aliphatic heterocycles. The number of halogens is 3. The minimum Gasteiger partial charge on any atom is -0.330 e. The van der Waals surface area contributed by atoms with E-state index in [1.165, 1.54) is 44.9 Å². The van der Waals surface area contributed by atoms with Gasteiger partial charge >= 0.3 is 0 Å². The molecule has 0 amide bonds. The Morgan fingerprint density at radius 3 is 1.50 bits per heavy atom. The molecule has 0 aliphatic rings. The quantitative estimate of drug-likeness (QED) is 0.131. The molecule has 5 N–H and O–H groups in total. The Bertz CT molecular complexity index is 433. The van der Waals surface area contributed by atoms with E-state index in [0.717, 1.165) is 77.7 Å². The number of hydrogen-bond donors (Lipinski definition) is 4. The van der Waals surface area contributed by atoms with Gasteiger partial charge in [-0.2, -0.15) is 0 Å². The van der Waals surface area contributed by atoms with Crippen LogP contribution < -0.4 is 21.1 Å². The van der Waals surface area contributed by atoms with Crippen molar-refractivity contribution in [2.45, 2.75) is 96.8 Å². The Morgan fingerprint density at radius 2 is 1.00 bits per heavy atom. The fraction of sp³-hybridized carbons (Fsp3) is 1.00. The van der Waals surface area contributed by atoms with Gasteiger partial charge in [0.05, 0.1) is 5.75 Å². The molecule has 0 heterocycles. The number of nitrogens with one attached hydrogen (secondary N) is 3. The summed E-state index contributed by atoms with van der Waals surface area (Å²) in [6, 6.07) is 0. The summed E-state index contributed by atoms with van der Waals surface area (Å²) in [4.78, 5) is 0. The predicted molar refractivity (Wildman–Crippen MR) is 149 cm³/mol. The first-order chi connectivity index (χ1) is 14.1. The van der Waals surface area contributed by atoms with Crippen molar-refractivity contribution >= 4 is 47.2 Å². The molecule has 0 bridgehead atoms. The third-order valence-electron chi connectivity index (χ3n) is 5.13. The van der Waals surface area contributed by atoms with E-state index < -0.39 is 10.0 Å². The van der Waals surface area contributed by atoms with Crippen molar-refractivity contribution in [3.8, 4) is 0 Å². The van der Waals surface area contributed by atoms with Gasteiger partial charge in [-0.25, -0.2) is 13.1 Å². The van der Waals surface area contributed by atoms with E-state index >= 15 is 0 Å². The molecule has 32 heavy (non-hydrogen) atoms. The molecule has 6 nitrogen and oxygen atoms in total. The first-order valence-electron chi connectivity index (χ1n) is 12.2. The van der Waals surface area contributed by atoms with E-state index in [1.54, 1.807) is 0 Å². The molecule has 200 valence electrons. The van der Waals surface area contributed by atoms with Gasteiger partial charge in [0.15, 0.2) is 0 Å². The van der Waals surface area contributed by atoms with Gasteiger partial charge in [0.2, 0.25) is 10.0 Å². The third kappa shape index (κ3) is 32.8. The summed E-state index contributed by atoms with van der Waals surface area (Å²) >= 11 is 0. The summed E-state index contributed by atoms with van der Waals surface area (Å²) in [6.07, 6.45) is 16.4. The van der Waals surface area contributed by atoms with Crippen LogP contribution in [0.4, 0.5) is 0 Å². The second-order valence-electron chi connectivity index (χ2n) is 8.10. The SMILES string of the molecule is CCCCCCCCCCCCS(=O)(=O)NCCCNCCCCNCCCN.Cl.Cl.Cl. The second-order valence-corrected chi connectivity index (χ2v) is 10.0. The first kappa shape index (κ1) is 39.9. The standard InChI is InChI=1S/C22H50N4O2S.3ClH/c1-2-3-4-5-6-7-8-9-10-13-22-29(27,28)26-21-15-20-25-18-12-11-17-24-19-14-16-23;;;/h24-26H,2-23H2,1H3;3*1H. The third-order valence-corrected chi connectivity index (χ3v) is 6.60. The lowest BCUT2D eigenvalue weighted by molar-refractivity contribution is 0.549. The van der Waals surface area contributed by atoms with Crippen molar-refractivity contribution in [2.24, 2.45) is 5.73 Å². The van der Waals surface area contributed by atoms with Crippen LogP contribution in [0.5, 0.6) is 0 Å². The van der Waals surface area contributed by atoms with E-state index in [2.05, 4.69) is 22.3 Å². The van der Waals surface area contributed by atoms with E-state index in [-0.39, 0.29) is 43.0 Å². The molecule has 0 rings (SSSR count). The van der Waals surface area contributed by atoms with Crippen LogP contribution in [-0.2, 0) is 10.0 Å². The highest BCUT2D eigenvalue weighted by atomic mass is 35.5. The molecule has 0 aliphatic carbocycles. The fourth-order valence-corrected chi connectivity index (χ4v) is 4.45. The summed E-state index contributed by atoms with van der Waals surface area (Å²) in [6.45, 7) is 7.42. The lowest BCUT2D eigenvalue weighted by Crippen LogP contribution is -2.29. The lowest BCUT2D eigenvalue weighted by Gasteiger charge is -2.08. The van der Waals surface area contributed by atoms with Gasteiger partial charge in [0, 0.05) is 6.54 Å². The number of hydrogen-bond acceptors (Lipinski definition) is 5. The van der Waals surface area contributed by atoms with Gasteiger partial charge in [0.25, 0.3) is 0 Å². The molecule has 0 aromatic rings. The maximum Gasteiger partial charge on any atom is 0.211 e. The molecule has 0 fully saturated rings. The van der Waals surface area contributed by atoms with Crippen LogP contribution in [0.2, 0.25) is 0 Å². The molecule has 0 radical (unpaired) electrons. The summed E-state index contributed by atoms with van der Waals surface area (Å²) in [5.74, 6) is 0.272. The zero-order chi connectivity index (χ0) is 21.5. The van der Waals surface area contributed by atoms with Crippen molar-refractivity contribution in [3.05, 3.63) is 0 Å². The maximum atomic E-state index is 12.0. The van der Waals surface area contributed by atoms with Crippen LogP contribution in [0.25, 0.3) is 0 Å². The Hall–Kier alpha value is 0.660. The number of unbranched alkanes of at least 4 members (excludes halogenated alkanes) is 10. The minimum absolute atomic E-state index is 0. The van der Waals surface area contributed by atoms with Gasteiger partial charge in [-0.1, -0.05) is 64.7 Å². The van der Waals surface area contributed by atoms with Gasteiger partial charge in [0.1, 0.15) is 0 Å². The maximum absolute atomic E-state index is 12.0. The summed E-state index contributed by atoms with van der Waals surface area (Å²) in [7, 11) is -3.10. The largest absolute Gasteiger partial charge is 0.330 e. The molecule has 0 unspecified atom stereocenters. The molecule has 10 heteroatoms. The lowest BCUT2D eigenvalue weighted by atomic mass is 10.1. The average molecular weight is 544 g/mol. The Kier molecular flexibility index (Phi) is 39.4. The summed E-state index contributed by atoms with van der Waals surface area (Å²) in [5.41, 5.74) is 5.44. The van der Waals surface area contributed by atoms with E-state index in [0.29, 0.717) is 6.54 Å². The smallest absolute Gasteiger partial charge is 0.211 e. The van der Waals surface area contributed by atoms with Crippen LogP contribution in [0.1, 0.15) is 96.8 Å². The van der Waals surface area contributed by atoms with E-state index in [1.807, 2.05) is 0 Å². The molecule has 0 saturated carbocycles. The molecule has 0 saturated heterocycles. The van der Waals surface area contributed by atoms with Crippen LogP contribution >= 0.6 is 37.2 Å². The molecular formula is C22H53Cl3N4O2S. The van der Waals surface area contributed by atoms with E-state index in [4.69, 9.17) is 5.73 Å². The van der Waals surface area contributed by atoms with Gasteiger partial charge in [-0.15, -0.1) is 37.2 Å². The summed E-state index contributed by atoms with van der Waals surface area (Å²) in [5, 5.41) is 6.75. The highest BCUT2D eigenvalue weighted by Gasteiger charge is 2.08. The molecule has 0 atom stereocenters. The summed E-state index contributed by atoms with van der Waals surface area (Å²) < 4.78 is 26.7. The zero-order valence-corrected chi connectivity index (χ0v) is 23.6. The average Bonchev–Trinajstić information content (AvgIpc) is 2.70. The Labute approximate surface area is 218 Å². The van der Waals surface area contributed by atoms with Crippen molar-refractivity contribution in [3.63, 3.8) is 0 Å². The van der Waals surface area contributed by atoms with Crippen molar-refractivity contribution in [1.82, 2.24) is 15.4 Å². The highest BCUT2D eigenvalue weighted by molar-refractivity contribution is 7.89. The van der Waals surface area contributed by atoms with Crippen LogP contribution in [0.3, 0.4) is 0 Å². The van der Waals surface area contributed by atoms with Gasteiger partial charge < -0.3 is 16.4 Å². The Morgan fingerprint density at radius 1 is 0.562 bits per heavy atom. The van der Waals surface area contributed by atoms with Crippen molar-refractivity contribution in [2.75, 3.05) is 45.0 Å². The van der Waals surface area contributed by atoms with E-state index in [9.17, 15) is 8.42 Å². The zero-order valence-electron chi connectivity index (χ0n) is 20.4. The van der Waals surface area contributed by atoms with Crippen LogP contribution in [0, 0.1) is 0 Å². The Balaban J connectivity index is -0.00000131. The van der Waals surface area contributed by atoms with Crippen LogP contribution in [0.15, 0.2) is 0 Å². The fourth-order valence-electron chi connectivity index (χ4n) is 3.27. The number of sulfonamides is 1. The second kappa shape index (κ2) is 31.7. The number of nitrogens with two attached hydrogens (primary N) is 1. The van der Waals surface area contributed by atoms with Gasteiger partial charge in [-0.05, 0) is 64.8 Å². The molecular weight excluding hydrogens is 491 g/mol. The minimum atomic E-state index is -3.10. The first-order valence-corrected chi connectivity index (χ1v) is 13.9. The van der Waals surface area contributed by atoms with Crippen LogP contribution in [-0.4, -0.2) is 53.4 Å². The van der Waals surface area contributed by atoms with Gasteiger partial charge in [-0.3, -0.25) is 0 Å². The predicted octanol–water partition coefficient (Wildman–Crippen LogP) is 4.79.